The Hall–Kier alpha value is -2.49. The second-order valence-corrected chi connectivity index (χ2v) is 4.98. The van der Waals surface area contributed by atoms with E-state index in [0.717, 1.165) is 5.69 Å². The lowest BCUT2D eigenvalue weighted by Gasteiger charge is -2.13. The molecule has 0 spiro atoms. The van der Waals surface area contributed by atoms with E-state index in [-0.39, 0.29) is 17.4 Å². The quantitative estimate of drug-likeness (QED) is 0.859. The van der Waals surface area contributed by atoms with Crippen molar-refractivity contribution in [3.63, 3.8) is 0 Å². The van der Waals surface area contributed by atoms with Gasteiger partial charge in [0.2, 0.25) is 0 Å². The van der Waals surface area contributed by atoms with Gasteiger partial charge in [0.15, 0.2) is 6.61 Å². The van der Waals surface area contributed by atoms with Crippen molar-refractivity contribution in [1.29, 1.82) is 5.26 Å². The first-order valence-corrected chi connectivity index (χ1v) is 6.59. The molecular weight excluding hydrogens is 295 g/mol. The number of hydrogen-bond acceptors (Lipinski definition) is 3. The van der Waals surface area contributed by atoms with Crippen molar-refractivity contribution in [3.05, 3.63) is 36.0 Å². The van der Waals surface area contributed by atoms with Crippen LogP contribution in [0.15, 0.2) is 30.5 Å². The molecule has 0 N–H and O–H groups in total. The van der Waals surface area contributed by atoms with Crippen molar-refractivity contribution in [2.24, 2.45) is 0 Å². The van der Waals surface area contributed by atoms with Gasteiger partial charge in [0.25, 0.3) is 0 Å². The molecule has 1 aromatic heterocycles. The van der Waals surface area contributed by atoms with Gasteiger partial charge in [-0.2, -0.15) is 23.5 Å². The van der Waals surface area contributed by atoms with Crippen LogP contribution in [0.25, 0.3) is 11.3 Å². The maximum atomic E-state index is 12.2. The molecule has 0 saturated carbocycles. The molecule has 0 aliphatic rings. The molecule has 0 radical (unpaired) electrons. The molecule has 0 atom stereocenters. The van der Waals surface area contributed by atoms with E-state index in [9.17, 15) is 18.4 Å². The lowest BCUT2D eigenvalue weighted by Crippen LogP contribution is -2.19. The van der Waals surface area contributed by atoms with E-state index >= 15 is 0 Å². The zero-order valence-corrected chi connectivity index (χ0v) is 12.1. The largest absolute Gasteiger partial charge is 0.484 e. The van der Waals surface area contributed by atoms with E-state index in [1.54, 1.807) is 23.0 Å². The molecule has 0 saturated heterocycles. The van der Waals surface area contributed by atoms with Gasteiger partial charge in [-0.25, -0.2) is 0 Å². The highest BCUT2D eigenvalue weighted by molar-refractivity contribution is 5.69. The molecule has 4 nitrogen and oxygen atoms in total. The second kappa shape index (κ2) is 6.10. The minimum atomic E-state index is -4.41. The Kier molecular flexibility index (Phi) is 4.40. The number of rotatable bonds is 4. The highest BCUT2D eigenvalue weighted by Gasteiger charge is 2.28. The lowest BCUT2D eigenvalue weighted by molar-refractivity contribution is -0.153. The third-order valence-electron chi connectivity index (χ3n) is 2.95. The number of benzene rings is 1. The van der Waals surface area contributed by atoms with E-state index in [0.29, 0.717) is 5.56 Å². The summed E-state index contributed by atoms with van der Waals surface area (Å²) in [6.07, 6.45) is -2.80. The van der Waals surface area contributed by atoms with Crippen molar-refractivity contribution in [3.8, 4) is 23.1 Å². The van der Waals surface area contributed by atoms with Gasteiger partial charge in [-0.15, -0.1) is 0 Å². The van der Waals surface area contributed by atoms with Crippen LogP contribution in [0, 0.1) is 11.3 Å². The van der Waals surface area contributed by atoms with Crippen molar-refractivity contribution in [2.75, 3.05) is 6.61 Å². The highest BCUT2D eigenvalue weighted by atomic mass is 19.4. The molecule has 0 aliphatic heterocycles. The number of halogens is 3. The minimum absolute atomic E-state index is 0.00763. The van der Waals surface area contributed by atoms with Crippen molar-refractivity contribution in [2.45, 2.75) is 26.1 Å². The summed E-state index contributed by atoms with van der Waals surface area (Å²) in [7, 11) is 0. The zero-order valence-electron chi connectivity index (χ0n) is 12.1. The summed E-state index contributed by atoms with van der Waals surface area (Å²) in [5, 5.41) is 13.4. The molecule has 0 bridgehead atoms. The third kappa shape index (κ3) is 3.58. The first-order valence-electron chi connectivity index (χ1n) is 6.59. The fraction of sp³-hybridized carbons (Fsp3) is 0.333. The summed E-state index contributed by atoms with van der Waals surface area (Å²) in [6.45, 7) is 2.51. The third-order valence-corrected chi connectivity index (χ3v) is 2.95. The van der Waals surface area contributed by atoms with Crippen LogP contribution in [0.2, 0.25) is 0 Å². The van der Waals surface area contributed by atoms with E-state index in [1.165, 1.54) is 12.1 Å². The SMILES string of the molecule is CC(C)n1nccc1-c1ccc(OCC(F)(F)F)cc1C#N. The highest BCUT2D eigenvalue weighted by Crippen LogP contribution is 2.29. The Morgan fingerprint density at radius 1 is 1.32 bits per heavy atom. The second-order valence-electron chi connectivity index (χ2n) is 4.98. The van der Waals surface area contributed by atoms with Gasteiger partial charge >= 0.3 is 6.18 Å². The number of ether oxygens (including phenoxy) is 1. The maximum absolute atomic E-state index is 12.2. The summed E-state index contributed by atoms with van der Waals surface area (Å²) < 4.78 is 42.9. The molecule has 1 heterocycles. The summed E-state index contributed by atoms with van der Waals surface area (Å²) in [5.41, 5.74) is 1.57. The smallest absolute Gasteiger partial charge is 0.422 e. The molecule has 0 fully saturated rings. The van der Waals surface area contributed by atoms with Gasteiger partial charge in [-0.05, 0) is 38.1 Å². The van der Waals surface area contributed by atoms with Gasteiger partial charge < -0.3 is 4.74 Å². The summed E-state index contributed by atoms with van der Waals surface area (Å²) in [5.74, 6) is 0.00763. The van der Waals surface area contributed by atoms with Crippen LogP contribution in [0.1, 0.15) is 25.5 Å². The number of aromatic nitrogens is 2. The fourth-order valence-corrected chi connectivity index (χ4v) is 2.03. The van der Waals surface area contributed by atoms with Gasteiger partial charge in [0, 0.05) is 17.8 Å². The Morgan fingerprint density at radius 2 is 2.05 bits per heavy atom. The average Bonchev–Trinajstić information content (AvgIpc) is 2.93. The van der Waals surface area contributed by atoms with Crippen LogP contribution in [0.3, 0.4) is 0 Å². The van der Waals surface area contributed by atoms with Crippen molar-refractivity contribution in [1.82, 2.24) is 9.78 Å². The summed E-state index contributed by atoms with van der Waals surface area (Å²) in [6, 6.07) is 8.13. The fourth-order valence-electron chi connectivity index (χ4n) is 2.03. The first-order chi connectivity index (χ1) is 10.3. The summed E-state index contributed by atoms with van der Waals surface area (Å²) >= 11 is 0. The number of alkyl halides is 3. The molecule has 0 unspecified atom stereocenters. The monoisotopic (exact) mass is 309 g/mol. The van der Waals surface area contributed by atoms with Crippen LogP contribution < -0.4 is 4.74 Å². The standard InChI is InChI=1S/C15H14F3N3O/c1-10(2)21-14(5-6-20-21)13-4-3-12(7-11(13)8-19)22-9-15(16,17)18/h3-7,10H,9H2,1-2H3. The van der Waals surface area contributed by atoms with Crippen molar-refractivity contribution >= 4 is 0 Å². The van der Waals surface area contributed by atoms with Crippen LogP contribution in [-0.4, -0.2) is 22.6 Å². The van der Waals surface area contributed by atoms with Gasteiger partial charge in [0.1, 0.15) is 5.75 Å². The molecule has 7 heteroatoms. The van der Waals surface area contributed by atoms with E-state index < -0.39 is 12.8 Å². The Morgan fingerprint density at radius 3 is 2.64 bits per heavy atom. The van der Waals surface area contributed by atoms with Crippen LogP contribution in [0.4, 0.5) is 13.2 Å². The lowest BCUT2D eigenvalue weighted by atomic mass is 10.0. The molecule has 2 rings (SSSR count). The van der Waals surface area contributed by atoms with Crippen LogP contribution in [0.5, 0.6) is 5.75 Å². The van der Waals surface area contributed by atoms with Gasteiger partial charge in [-0.3, -0.25) is 4.68 Å². The Balaban J connectivity index is 2.35. The average molecular weight is 309 g/mol. The molecule has 0 amide bonds. The Labute approximate surface area is 125 Å². The molecule has 1 aromatic carbocycles. The summed E-state index contributed by atoms with van der Waals surface area (Å²) in [4.78, 5) is 0. The number of nitrogens with zero attached hydrogens (tertiary/aromatic N) is 3. The Bertz CT molecular complexity index is 699. The molecule has 2 aromatic rings. The zero-order chi connectivity index (χ0) is 16.3. The molecule has 0 aliphatic carbocycles. The van der Waals surface area contributed by atoms with Gasteiger partial charge in [0.05, 0.1) is 17.3 Å². The minimum Gasteiger partial charge on any atom is -0.484 e. The predicted octanol–water partition coefficient (Wildman–Crippen LogP) is 3.94. The van der Waals surface area contributed by atoms with Gasteiger partial charge in [-0.1, -0.05) is 0 Å². The predicted molar refractivity (Wildman–Crippen MR) is 74.3 cm³/mol. The first kappa shape index (κ1) is 15.9. The van der Waals surface area contributed by atoms with Crippen molar-refractivity contribution < 1.29 is 17.9 Å². The van der Waals surface area contributed by atoms with E-state index in [1.807, 2.05) is 19.9 Å². The number of hydrogen-bond donors (Lipinski definition) is 0. The normalized spacial score (nSPS) is 11.5. The molecule has 116 valence electrons. The van der Waals surface area contributed by atoms with Crippen LogP contribution in [-0.2, 0) is 0 Å². The van der Waals surface area contributed by atoms with E-state index in [4.69, 9.17) is 0 Å². The van der Waals surface area contributed by atoms with E-state index in [2.05, 4.69) is 9.84 Å². The molecular formula is C15H14F3N3O. The number of nitriles is 1. The molecule has 22 heavy (non-hydrogen) atoms. The topological polar surface area (TPSA) is 50.8 Å². The van der Waals surface area contributed by atoms with Crippen LogP contribution >= 0.6 is 0 Å². The maximum Gasteiger partial charge on any atom is 0.422 e.